The van der Waals surface area contributed by atoms with Gasteiger partial charge in [0.2, 0.25) is 5.88 Å². The molecule has 2 nitrogen and oxygen atoms in total. The Kier molecular flexibility index (Phi) is 5.00. The van der Waals surface area contributed by atoms with Gasteiger partial charge in [-0.05, 0) is 13.0 Å². The average Bonchev–Trinajstić information content (AvgIpc) is 2.13. The van der Waals surface area contributed by atoms with E-state index in [1.807, 2.05) is 13.8 Å². The SMILES string of the molecule is CC.COc1nccc(F)c1C. The number of methoxy groups -OCH3 is 1. The van der Waals surface area contributed by atoms with E-state index in [0.717, 1.165) is 0 Å². The van der Waals surface area contributed by atoms with Crippen LogP contribution in [0.2, 0.25) is 0 Å². The molecule has 1 aromatic rings. The predicted molar refractivity (Wildman–Crippen MR) is 46.8 cm³/mol. The predicted octanol–water partition coefficient (Wildman–Crippen LogP) is 2.56. The van der Waals surface area contributed by atoms with Gasteiger partial charge >= 0.3 is 0 Å². The van der Waals surface area contributed by atoms with Crippen LogP contribution in [-0.2, 0) is 0 Å². The van der Waals surface area contributed by atoms with Crippen molar-refractivity contribution in [2.45, 2.75) is 20.8 Å². The lowest BCUT2D eigenvalue weighted by molar-refractivity contribution is 0.389. The minimum Gasteiger partial charge on any atom is -0.481 e. The van der Waals surface area contributed by atoms with Crippen molar-refractivity contribution in [3.05, 3.63) is 23.6 Å². The van der Waals surface area contributed by atoms with Crippen molar-refractivity contribution < 1.29 is 9.13 Å². The second kappa shape index (κ2) is 5.52. The second-order valence-electron chi connectivity index (χ2n) is 1.93. The second-order valence-corrected chi connectivity index (χ2v) is 1.93. The third kappa shape index (κ3) is 2.49. The molecule has 1 rings (SSSR count). The van der Waals surface area contributed by atoms with Gasteiger partial charge in [-0.3, -0.25) is 0 Å². The summed E-state index contributed by atoms with van der Waals surface area (Å²) >= 11 is 0. The molecule has 3 heteroatoms. The minimum absolute atomic E-state index is 0.285. The highest BCUT2D eigenvalue weighted by Gasteiger charge is 2.02. The zero-order valence-corrected chi connectivity index (χ0v) is 7.89. The van der Waals surface area contributed by atoms with Crippen LogP contribution in [0.15, 0.2) is 12.3 Å². The Morgan fingerprint density at radius 3 is 2.42 bits per heavy atom. The third-order valence-electron chi connectivity index (χ3n) is 1.29. The maximum atomic E-state index is 12.6. The zero-order valence-electron chi connectivity index (χ0n) is 7.89. The lowest BCUT2D eigenvalue weighted by atomic mass is 10.3. The highest BCUT2D eigenvalue weighted by Crippen LogP contribution is 2.15. The van der Waals surface area contributed by atoms with Crippen LogP contribution in [-0.4, -0.2) is 12.1 Å². The van der Waals surface area contributed by atoms with E-state index in [0.29, 0.717) is 11.4 Å². The molecule has 0 aromatic carbocycles. The van der Waals surface area contributed by atoms with Crippen LogP contribution >= 0.6 is 0 Å². The molecule has 0 radical (unpaired) electrons. The van der Waals surface area contributed by atoms with Crippen LogP contribution in [0.5, 0.6) is 5.88 Å². The molecule has 68 valence electrons. The Bertz CT molecular complexity index is 238. The van der Waals surface area contributed by atoms with Crippen LogP contribution in [0.4, 0.5) is 4.39 Å². The van der Waals surface area contributed by atoms with Crippen molar-refractivity contribution in [1.82, 2.24) is 4.98 Å². The Labute approximate surface area is 72.4 Å². The quantitative estimate of drug-likeness (QED) is 0.647. The first-order valence-corrected chi connectivity index (χ1v) is 3.91. The standard InChI is InChI=1S/C7H8FNO.C2H6/c1-5-6(8)3-4-9-7(5)10-2;1-2/h3-4H,1-2H3;1-2H3. The topological polar surface area (TPSA) is 22.1 Å². The molecular weight excluding hydrogens is 157 g/mol. The third-order valence-corrected chi connectivity index (χ3v) is 1.29. The molecule has 0 atom stereocenters. The number of rotatable bonds is 1. The highest BCUT2D eigenvalue weighted by atomic mass is 19.1. The van der Waals surface area contributed by atoms with E-state index in [2.05, 4.69) is 4.98 Å². The molecule has 1 heterocycles. The first-order chi connectivity index (χ1) is 5.75. The molecule has 0 aliphatic heterocycles. The molecule has 0 N–H and O–H groups in total. The van der Waals surface area contributed by atoms with Gasteiger partial charge in [0.25, 0.3) is 0 Å². The number of nitrogens with zero attached hydrogens (tertiary/aromatic N) is 1. The van der Waals surface area contributed by atoms with Crippen LogP contribution < -0.4 is 4.74 Å². The summed E-state index contributed by atoms with van der Waals surface area (Å²) in [4.78, 5) is 3.80. The molecule has 0 saturated heterocycles. The Balaban J connectivity index is 0.000000561. The summed E-state index contributed by atoms with van der Waals surface area (Å²) in [6, 6.07) is 1.30. The van der Waals surface area contributed by atoms with E-state index in [-0.39, 0.29) is 5.82 Å². The Morgan fingerprint density at radius 1 is 1.42 bits per heavy atom. The molecule has 12 heavy (non-hydrogen) atoms. The fourth-order valence-corrected chi connectivity index (χ4v) is 0.700. The first-order valence-electron chi connectivity index (χ1n) is 3.91. The monoisotopic (exact) mass is 171 g/mol. The van der Waals surface area contributed by atoms with Gasteiger partial charge in [0.05, 0.1) is 7.11 Å². The average molecular weight is 171 g/mol. The summed E-state index contributed by atoms with van der Waals surface area (Å²) in [5.41, 5.74) is 0.449. The zero-order chi connectivity index (χ0) is 9.56. The van der Waals surface area contributed by atoms with Crippen molar-refractivity contribution in [3.8, 4) is 5.88 Å². The number of hydrogen-bond donors (Lipinski definition) is 0. The van der Waals surface area contributed by atoms with E-state index >= 15 is 0 Å². The van der Waals surface area contributed by atoms with Crippen molar-refractivity contribution in [2.24, 2.45) is 0 Å². The number of ether oxygens (including phenoxy) is 1. The molecule has 0 saturated carbocycles. The lowest BCUT2D eigenvalue weighted by Crippen LogP contribution is -1.92. The number of aromatic nitrogens is 1. The number of pyridine rings is 1. The smallest absolute Gasteiger partial charge is 0.218 e. The molecular formula is C9H14FNO. The van der Waals surface area contributed by atoms with Gasteiger partial charge < -0.3 is 4.74 Å². The van der Waals surface area contributed by atoms with E-state index in [9.17, 15) is 4.39 Å². The van der Waals surface area contributed by atoms with Gasteiger partial charge in [-0.25, -0.2) is 9.37 Å². The molecule has 0 amide bonds. The van der Waals surface area contributed by atoms with Gasteiger partial charge in [-0.2, -0.15) is 0 Å². The number of hydrogen-bond acceptors (Lipinski definition) is 2. The van der Waals surface area contributed by atoms with E-state index in [4.69, 9.17) is 4.74 Å². The summed E-state index contributed by atoms with van der Waals surface area (Å²) in [5, 5.41) is 0. The molecule has 1 aromatic heterocycles. The summed E-state index contributed by atoms with van der Waals surface area (Å²) < 4.78 is 17.4. The van der Waals surface area contributed by atoms with E-state index < -0.39 is 0 Å². The summed E-state index contributed by atoms with van der Waals surface area (Å²) in [6.45, 7) is 5.63. The summed E-state index contributed by atoms with van der Waals surface area (Å²) in [7, 11) is 1.47. The van der Waals surface area contributed by atoms with Gasteiger partial charge in [0, 0.05) is 11.8 Å². The molecule has 0 aliphatic rings. The van der Waals surface area contributed by atoms with Gasteiger partial charge in [-0.1, -0.05) is 13.8 Å². The summed E-state index contributed by atoms with van der Waals surface area (Å²) in [6.07, 6.45) is 1.38. The molecule has 0 aliphatic carbocycles. The maximum Gasteiger partial charge on any atom is 0.218 e. The van der Waals surface area contributed by atoms with Crippen molar-refractivity contribution >= 4 is 0 Å². The summed E-state index contributed by atoms with van der Waals surface area (Å²) in [5.74, 6) is 0.0619. The Morgan fingerprint density at radius 2 is 2.00 bits per heavy atom. The normalized spacial score (nSPS) is 8.42. The fraction of sp³-hybridized carbons (Fsp3) is 0.444. The van der Waals surface area contributed by atoms with Crippen molar-refractivity contribution in [2.75, 3.05) is 7.11 Å². The largest absolute Gasteiger partial charge is 0.481 e. The first kappa shape index (κ1) is 10.9. The molecule has 0 fully saturated rings. The molecule has 0 bridgehead atoms. The maximum absolute atomic E-state index is 12.6. The van der Waals surface area contributed by atoms with E-state index in [1.165, 1.54) is 19.4 Å². The van der Waals surface area contributed by atoms with Crippen LogP contribution in [0, 0.1) is 12.7 Å². The van der Waals surface area contributed by atoms with Gasteiger partial charge in [-0.15, -0.1) is 0 Å². The molecule has 0 spiro atoms. The fourth-order valence-electron chi connectivity index (χ4n) is 0.700. The van der Waals surface area contributed by atoms with Crippen molar-refractivity contribution in [3.63, 3.8) is 0 Å². The van der Waals surface area contributed by atoms with Crippen LogP contribution in [0.3, 0.4) is 0 Å². The Hall–Kier alpha value is -1.12. The van der Waals surface area contributed by atoms with E-state index in [1.54, 1.807) is 6.92 Å². The van der Waals surface area contributed by atoms with Gasteiger partial charge in [0.1, 0.15) is 5.82 Å². The minimum atomic E-state index is -0.285. The van der Waals surface area contributed by atoms with Gasteiger partial charge in [0.15, 0.2) is 0 Å². The highest BCUT2D eigenvalue weighted by molar-refractivity contribution is 5.24. The number of halogens is 1. The lowest BCUT2D eigenvalue weighted by Gasteiger charge is -2.01. The molecule has 0 unspecified atom stereocenters. The van der Waals surface area contributed by atoms with Crippen molar-refractivity contribution in [1.29, 1.82) is 0 Å². The van der Waals surface area contributed by atoms with Crippen LogP contribution in [0.25, 0.3) is 0 Å². The van der Waals surface area contributed by atoms with Crippen LogP contribution in [0.1, 0.15) is 19.4 Å².